The molecular formula is C14H17F5N2. The van der Waals surface area contributed by atoms with Gasteiger partial charge in [0.05, 0.1) is 0 Å². The quantitative estimate of drug-likeness (QED) is 0.513. The van der Waals surface area contributed by atoms with Crippen molar-refractivity contribution < 1.29 is 22.0 Å². The molecular weight excluding hydrogens is 291 g/mol. The number of hydrogen-bond donors (Lipinski definition) is 1. The van der Waals surface area contributed by atoms with E-state index < -0.39 is 34.8 Å². The normalized spacial score (nSPS) is 23.0. The third kappa shape index (κ3) is 2.71. The van der Waals surface area contributed by atoms with E-state index in [9.17, 15) is 22.0 Å². The number of piperazine rings is 1. The second-order valence-corrected chi connectivity index (χ2v) is 5.69. The lowest BCUT2D eigenvalue weighted by atomic mass is 9.97. The van der Waals surface area contributed by atoms with Crippen LogP contribution in [-0.4, -0.2) is 25.2 Å². The summed E-state index contributed by atoms with van der Waals surface area (Å²) < 4.78 is 67.8. The molecule has 1 heterocycles. The van der Waals surface area contributed by atoms with E-state index in [1.165, 1.54) is 4.90 Å². The molecule has 1 aromatic rings. The van der Waals surface area contributed by atoms with Crippen molar-refractivity contribution in [2.75, 3.05) is 18.0 Å². The van der Waals surface area contributed by atoms with Gasteiger partial charge in [0.2, 0.25) is 5.82 Å². The zero-order valence-electron chi connectivity index (χ0n) is 12.0. The van der Waals surface area contributed by atoms with Gasteiger partial charge in [-0.05, 0) is 12.8 Å². The van der Waals surface area contributed by atoms with Gasteiger partial charge in [0.1, 0.15) is 5.69 Å². The fourth-order valence-electron chi connectivity index (χ4n) is 2.63. The van der Waals surface area contributed by atoms with Crippen molar-refractivity contribution in [2.24, 2.45) is 5.92 Å². The van der Waals surface area contributed by atoms with Crippen molar-refractivity contribution in [1.29, 1.82) is 0 Å². The van der Waals surface area contributed by atoms with Crippen LogP contribution in [0.5, 0.6) is 0 Å². The molecule has 2 atom stereocenters. The summed E-state index contributed by atoms with van der Waals surface area (Å²) in [7, 11) is 0. The zero-order chi connectivity index (χ0) is 15.9. The Labute approximate surface area is 119 Å². The number of nitrogens with one attached hydrogen (secondary N) is 1. The highest BCUT2D eigenvalue weighted by Gasteiger charge is 2.35. The van der Waals surface area contributed by atoms with Crippen LogP contribution < -0.4 is 10.2 Å². The largest absolute Gasteiger partial charge is 0.361 e. The van der Waals surface area contributed by atoms with Crippen molar-refractivity contribution in [2.45, 2.75) is 32.9 Å². The minimum absolute atomic E-state index is 0.0139. The Kier molecular flexibility index (Phi) is 4.41. The van der Waals surface area contributed by atoms with Gasteiger partial charge in [0.15, 0.2) is 23.3 Å². The first-order valence-corrected chi connectivity index (χ1v) is 6.77. The first-order chi connectivity index (χ1) is 9.75. The van der Waals surface area contributed by atoms with Crippen LogP contribution in [0, 0.1) is 35.0 Å². The third-order valence-electron chi connectivity index (χ3n) is 3.79. The molecule has 0 aliphatic carbocycles. The highest BCUT2D eigenvalue weighted by atomic mass is 19.2. The Bertz CT molecular complexity index is 518. The first kappa shape index (κ1) is 16.0. The van der Waals surface area contributed by atoms with E-state index in [0.29, 0.717) is 6.54 Å². The molecule has 1 aliphatic heterocycles. The summed E-state index contributed by atoms with van der Waals surface area (Å²) in [5.41, 5.74) is -0.835. The van der Waals surface area contributed by atoms with Gasteiger partial charge in [-0.1, -0.05) is 13.8 Å². The Morgan fingerprint density at radius 2 is 1.43 bits per heavy atom. The summed E-state index contributed by atoms with van der Waals surface area (Å²) in [5, 5.41) is 3.14. The lowest BCUT2D eigenvalue weighted by Crippen LogP contribution is -2.58. The average molecular weight is 308 g/mol. The Morgan fingerprint density at radius 3 is 1.90 bits per heavy atom. The monoisotopic (exact) mass is 308 g/mol. The zero-order valence-corrected chi connectivity index (χ0v) is 12.0. The number of benzene rings is 1. The number of halogens is 5. The average Bonchev–Trinajstić information content (AvgIpc) is 2.43. The Balaban J connectivity index is 2.58. The van der Waals surface area contributed by atoms with Crippen molar-refractivity contribution in [3.63, 3.8) is 0 Å². The van der Waals surface area contributed by atoms with E-state index >= 15 is 0 Å². The van der Waals surface area contributed by atoms with Gasteiger partial charge in [-0.2, -0.15) is 0 Å². The molecule has 1 saturated heterocycles. The fraction of sp³-hybridized carbons (Fsp3) is 0.571. The highest BCUT2D eigenvalue weighted by molar-refractivity contribution is 5.52. The van der Waals surface area contributed by atoms with Crippen LogP contribution in [0.4, 0.5) is 27.6 Å². The van der Waals surface area contributed by atoms with Crippen LogP contribution in [0.3, 0.4) is 0 Å². The molecule has 0 bridgehead atoms. The SMILES string of the molecule is CC1CN(c2c(F)c(F)c(F)c(F)c2F)C(C(C)C)CN1. The molecule has 1 fully saturated rings. The van der Waals surface area contributed by atoms with Crippen LogP contribution >= 0.6 is 0 Å². The Morgan fingerprint density at radius 1 is 0.952 bits per heavy atom. The molecule has 0 aromatic heterocycles. The molecule has 2 unspecified atom stereocenters. The predicted octanol–water partition coefficient (Wildman–Crippen LogP) is 3.20. The van der Waals surface area contributed by atoms with Gasteiger partial charge < -0.3 is 10.2 Å². The van der Waals surface area contributed by atoms with E-state index in [1.54, 1.807) is 6.92 Å². The van der Waals surface area contributed by atoms with Crippen molar-refractivity contribution in [3.05, 3.63) is 29.1 Å². The smallest absolute Gasteiger partial charge is 0.200 e. The van der Waals surface area contributed by atoms with Crippen molar-refractivity contribution in [1.82, 2.24) is 5.32 Å². The second kappa shape index (κ2) is 5.79. The minimum atomic E-state index is -2.13. The molecule has 1 N–H and O–H groups in total. The van der Waals surface area contributed by atoms with Crippen molar-refractivity contribution >= 4 is 5.69 Å². The fourth-order valence-corrected chi connectivity index (χ4v) is 2.63. The minimum Gasteiger partial charge on any atom is -0.361 e. The van der Waals surface area contributed by atoms with E-state index in [2.05, 4.69) is 5.32 Å². The first-order valence-electron chi connectivity index (χ1n) is 6.77. The van der Waals surface area contributed by atoms with Gasteiger partial charge in [-0.3, -0.25) is 0 Å². The van der Waals surface area contributed by atoms with Gasteiger partial charge in [-0.25, -0.2) is 22.0 Å². The van der Waals surface area contributed by atoms with Gasteiger partial charge in [-0.15, -0.1) is 0 Å². The Hall–Kier alpha value is -1.37. The number of nitrogens with zero attached hydrogens (tertiary/aromatic N) is 1. The standard InChI is InChI=1S/C14H17F5N2/c1-6(2)8-4-20-7(3)5-21(8)14-12(18)10(16)9(15)11(17)13(14)19/h6-8,20H,4-5H2,1-3H3. The molecule has 2 nitrogen and oxygen atoms in total. The van der Waals surface area contributed by atoms with Crippen LogP contribution in [0.25, 0.3) is 0 Å². The summed E-state index contributed by atoms with van der Waals surface area (Å²) in [6.45, 7) is 6.04. The lowest BCUT2D eigenvalue weighted by molar-refractivity contribution is 0.330. The summed E-state index contributed by atoms with van der Waals surface area (Å²) in [4.78, 5) is 1.28. The molecule has 2 rings (SSSR count). The summed E-state index contributed by atoms with van der Waals surface area (Å²) in [6, 6.07) is -0.468. The maximum absolute atomic E-state index is 14.0. The van der Waals surface area contributed by atoms with E-state index in [4.69, 9.17) is 0 Å². The van der Waals surface area contributed by atoms with Gasteiger partial charge in [0.25, 0.3) is 0 Å². The highest BCUT2D eigenvalue weighted by Crippen LogP contribution is 2.33. The predicted molar refractivity (Wildman–Crippen MR) is 69.7 cm³/mol. The second-order valence-electron chi connectivity index (χ2n) is 5.69. The third-order valence-corrected chi connectivity index (χ3v) is 3.79. The molecule has 0 saturated carbocycles. The molecule has 0 amide bonds. The van der Waals surface area contributed by atoms with Crippen LogP contribution in [-0.2, 0) is 0 Å². The van der Waals surface area contributed by atoms with Crippen LogP contribution in [0.2, 0.25) is 0 Å². The molecule has 0 radical (unpaired) electrons. The molecule has 1 aliphatic rings. The summed E-state index contributed by atoms with van der Waals surface area (Å²) in [5.74, 6) is -9.49. The van der Waals surface area contributed by atoms with Crippen molar-refractivity contribution in [3.8, 4) is 0 Å². The summed E-state index contributed by atoms with van der Waals surface area (Å²) >= 11 is 0. The van der Waals surface area contributed by atoms with E-state index in [1.807, 2.05) is 13.8 Å². The van der Waals surface area contributed by atoms with Gasteiger partial charge >= 0.3 is 0 Å². The van der Waals surface area contributed by atoms with E-state index in [-0.39, 0.29) is 24.5 Å². The lowest BCUT2D eigenvalue weighted by Gasteiger charge is -2.43. The topological polar surface area (TPSA) is 15.3 Å². The molecule has 7 heteroatoms. The molecule has 0 spiro atoms. The van der Waals surface area contributed by atoms with Crippen LogP contribution in [0.1, 0.15) is 20.8 Å². The summed E-state index contributed by atoms with van der Waals surface area (Å²) in [6.07, 6.45) is 0. The number of rotatable bonds is 2. The molecule has 21 heavy (non-hydrogen) atoms. The maximum atomic E-state index is 14.0. The van der Waals surface area contributed by atoms with Crippen LogP contribution in [0.15, 0.2) is 0 Å². The molecule has 1 aromatic carbocycles. The van der Waals surface area contributed by atoms with E-state index in [0.717, 1.165) is 0 Å². The van der Waals surface area contributed by atoms with Gasteiger partial charge in [0, 0.05) is 25.2 Å². The number of hydrogen-bond acceptors (Lipinski definition) is 2. The molecule has 118 valence electrons. The maximum Gasteiger partial charge on any atom is 0.200 e. The number of anilines is 1.